The van der Waals surface area contributed by atoms with Crippen LogP contribution in [-0.4, -0.2) is 98.8 Å². The largest absolute Gasteiger partial charge is 0.456 e. The van der Waals surface area contributed by atoms with E-state index in [1.165, 1.54) is 24.3 Å². The average molecular weight is 977 g/mol. The zero-order valence-corrected chi connectivity index (χ0v) is 40.6. The molecule has 2 aliphatic heterocycles. The van der Waals surface area contributed by atoms with Crippen LogP contribution in [0.4, 0.5) is 0 Å². The Morgan fingerprint density at radius 3 is 1.47 bits per heavy atom. The van der Waals surface area contributed by atoms with Gasteiger partial charge in [-0.25, -0.2) is 19.6 Å². The summed E-state index contributed by atoms with van der Waals surface area (Å²) in [7, 11) is 0. The van der Waals surface area contributed by atoms with E-state index >= 15 is 0 Å². The van der Waals surface area contributed by atoms with Gasteiger partial charge in [0.05, 0.1) is 37.3 Å². The highest BCUT2D eigenvalue weighted by Crippen LogP contribution is 2.14. The van der Waals surface area contributed by atoms with Crippen LogP contribution in [-0.2, 0) is 56.1 Å². The first-order chi connectivity index (χ1) is 32.5. The van der Waals surface area contributed by atoms with E-state index < -0.39 is 59.9 Å². The Labute approximate surface area is 405 Å². The second kappa shape index (κ2) is 29.2. The molecule has 2 aliphatic rings. The number of allylic oxidation sites excluding steroid dienone is 4. The molecule has 0 radical (unpaired) electrons. The molecule has 2 aromatic rings. The first-order valence-corrected chi connectivity index (χ1v) is 23.6. The SMILES string of the molecule is C/C=C1\NC(=O)c2cccc(n2)CNC(=O)C[C@@H](/C=C/CCS)OC(=O)[C@H](C(C)C)NC1=O.C/C=C1\NC(=O)c2cccc(n2)CNC(=O)C[C@@H](/C=C/CCSC=O)OC(=O)[C@H](C(C)C)NC1=O. The second-order valence-corrected chi connectivity index (χ2v) is 17.1. The molecule has 0 fully saturated rings. The lowest BCUT2D eigenvalue weighted by Gasteiger charge is -2.24. The van der Waals surface area contributed by atoms with Gasteiger partial charge in [0.25, 0.3) is 23.6 Å². The van der Waals surface area contributed by atoms with E-state index in [0.29, 0.717) is 35.7 Å². The normalized spacial score (nSPS) is 21.8. The van der Waals surface area contributed by atoms with E-state index in [2.05, 4.69) is 54.5 Å². The maximum Gasteiger partial charge on any atom is 0.329 e. The van der Waals surface area contributed by atoms with Crippen molar-refractivity contribution < 1.29 is 52.6 Å². The van der Waals surface area contributed by atoms with Crippen LogP contribution >= 0.6 is 24.4 Å². The topological polar surface area (TPSA) is 270 Å². The summed E-state index contributed by atoms with van der Waals surface area (Å²) in [6.45, 7) is 10.3. The molecular formula is C47H60N8O11S2. The molecular weight excluding hydrogens is 917 g/mol. The monoisotopic (exact) mass is 976 g/mol. The number of ether oxygens (including phenoxy) is 2. The van der Waals surface area contributed by atoms with Crippen molar-refractivity contribution >= 4 is 77.4 Å². The minimum absolute atomic E-state index is 0.0173. The van der Waals surface area contributed by atoms with Gasteiger partial charge in [-0.05, 0) is 80.7 Å². The van der Waals surface area contributed by atoms with Gasteiger partial charge in [0.2, 0.25) is 11.8 Å². The molecule has 0 unspecified atom stereocenters. The van der Waals surface area contributed by atoms with Crippen LogP contribution in [0, 0.1) is 11.8 Å². The van der Waals surface area contributed by atoms with Crippen LogP contribution in [0.5, 0.6) is 0 Å². The number of cyclic esters (lactones) is 2. The maximum atomic E-state index is 13.0. The molecule has 21 heteroatoms. The Balaban J connectivity index is 0.000000361. The third-order valence-corrected chi connectivity index (χ3v) is 10.6. The highest BCUT2D eigenvalue weighted by molar-refractivity contribution is 8.11. The van der Waals surface area contributed by atoms with Gasteiger partial charge in [0, 0.05) is 5.75 Å². The summed E-state index contributed by atoms with van der Waals surface area (Å²) >= 11 is 5.27. The Morgan fingerprint density at radius 2 is 1.09 bits per heavy atom. The summed E-state index contributed by atoms with van der Waals surface area (Å²) in [4.78, 5) is 121. The molecule has 0 aliphatic carbocycles. The van der Waals surface area contributed by atoms with E-state index in [1.54, 1.807) is 90.1 Å². The lowest BCUT2D eigenvalue weighted by atomic mass is 10.0. The predicted molar refractivity (Wildman–Crippen MR) is 258 cm³/mol. The minimum atomic E-state index is -1.02. The molecule has 6 amide bonds. The van der Waals surface area contributed by atoms with Gasteiger partial charge in [-0.1, -0.05) is 75.9 Å². The van der Waals surface area contributed by atoms with Crippen LogP contribution in [0.2, 0.25) is 0 Å². The van der Waals surface area contributed by atoms with Crippen molar-refractivity contribution in [1.82, 2.24) is 41.9 Å². The molecule has 2 aromatic heterocycles. The molecule has 4 rings (SSSR count). The van der Waals surface area contributed by atoms with E-state index in [9.17, 15) is 43.2 Å². The fourth-order valence-electron chi connectivity index (χ4n) is 6.12. The first-order valence-electron chi connectivity index (χ1n) is 21.9. The molecule has 6 N–H and O–H groups in total. The van der Waals surface area contributed by atoms with Crippen molar-refractivity contribution in [2.75, 3.05) is 11.5 Å². The number of nitrogens with zero attached hydrogens (tertiary/aromatic N) is 2. The second-order valence-electron chi connectivity index (χ2n) is 15.8. The number of pyridine rings is 2. The van der Waals surface area contributed by atoms with E-state index in [4.69, 9.17) is 9.47 Å². The molecule has 0 saturated carbocycles. The third kappa shape index (κ3) is 18.9. The quantitative estimate of drug-likeness (QED) is 0.0450. The summed E-state index contributed by atoms with van der Waals surface area (Å²) in [5.74, 6) is -4.08. The summed E-state index contributed by atoms with van der Waals surface area (Å²) < 4.78 is 11.2. The number of nitrogens with one attached hydrogen (secondary N) is 6. The number of carbonyl (C=O) groups is 9. The van der Waals surface area contributed by atoms with Gasteiger partial charge < -0.3 is 41.4 Å². The van der Waals surface area contributed by atoms with Gasteiger partial charge >= 0.3 is 11.9 Å². The van der Waals surface area contributed by atoms with Crippen LogP contribution in [0.15, 0.2) is 84.2 Å². The average Bonchev–Trinajstić information content (AvgIpc) is 3.31. The minimum Gasteiger partial charge on any atom is -0.456 e. The van der Waals surface area contributed by atoms with Crippen molar-refractivity contribution in [2.24, 2.45) is 11.8 Å². The third-order valence-electron chi connectivity index (χ3n) is 9.77. The fraction of sp³-hybridized carbons (Fsp3) is 0.426. The number of amides is 6. The zero-order valence-electron chi connectivity index (χ0n) is 38.9. The molecule has 19 nitrogen and oxygen atoms in total. The van der Waals surface area contributed by atoms with E-state index in [-0.39, 0.29) is 72.4 Å². The van der Waals surface area contributed by atoms with Crippen molar-refractivity contribution in [3.63, 3.8) is 0 Å². The van der Waals surface area contributed by atoms with Crippen molar-refractivity contribution in [3.05, 3.63) is 107 Å². The van der Waals surface area contributed by atoms with Crippen molar-refractivity contribution in [3.8, 4) is 0 Å². The highest BCUT2D eigenvalue weighted by atomic mass is 32.2. The van der Waals surface area contributed by atoms with Crippen molar-refractivity contribution in [2.45, 2.75) is 105 Å². The highest BCUT2D eigenvalue weighted by Gasteiger charge is 2.31. The molecule has 4 heterocycles. The van der Waals surface area contributed by atoms with Crippen LogP contribution < -0.4 is 31.9 Å². The number of thiol groups is 1. The van der Waals surface area contributed by atoms with Gasteiger partial charge in [-0.2, -0.15) is 12.6 Å². The van der Waals surface area contributed by atoms with Gasteiger partial charge in [0.1, 0.15) is 47.1 Å². The smallest absolute Gasteiger partial charge is 0.329 e. The van der Waals surface area contributed by atoms with Crippen LogP contribution in [0.25, 0.3) is 0 Å². The number of hydrogen-bond acceptors (Lipinski definition) is 15. The van der Waals surface area contributed by atoms with Crippen LogP contribution in [0.3, 0.4) is 0 Å². The maximum absolute atomic E-state index is 13.0. The summed E-state index contributed by atoms with van der Waals surface area (Å²) in [6, 6.07) is 7.58. The van der Waals surface area contributed by atoms with E-state index in [1.807, 2.05) is 0 Å². The van der Waals surface area contributed by atoms with E-state index in [0.717, 1.165) is 17.4 Å². The summed E-state index contributed by atoms with van der Waals surface area (Å²) in [5, 5.41) is 15.7. The lowest BCUT2D eigenvalue weighted by molar-refractivity contribution is -0.153. The number of carbonyl (C=O) groups excluding carboxylic acids is 9. The first kappa shape index (κ1) is 55.7. The predicted octanol–water partition coefficient (Wildman–Crippen LogP) is 3.32. The number of esters is 2. The summed E-state index contributed by atoms with van der Waals surface area (Å²) in [5.41, 5.74) is 1.77. The number of fused-ring (bicyclic) bond motifs is 4. The Bertz CT molecular complexity index is 2260. The summed E-state index contributed by atoms with van der Waals surface area (Å²) in [6.07, 6.45) is 8.87. The lowest BCUT2D eigenvalue weighted by Crippen LogP contribution is -2.48. The molecule has 4 bridgehead atoms. The Morgan fingerprint density at radius 1 is 0.662 bits per heavy atom. The number of aromatic nitrogens is 2. The molecule has 68 heavy (non-hydrogen) atoms. The van der Waals surface area contributed by atoms with Gasteiger partial charge in [0.15, 0.2) is 5.62 Å². The molecule has 0 saturated heterocycles. The Kier molecular flexibility index (Phi) is 23.9. The number of rotatable bonds is 10. The number of hydrogen-bond donors (Lipinski definition) is 7. The molecule has 0 spiro atoms. The molecule has 366 valence electrons. The standard InChI is InChI=1S/C24H30N4O6S.C23H30N4O5S/c1-4-18-22(31)28-21(15(2)3)24(33)34-17(9-5-6-11-35-14-29)12-20(30)25-13-16-8-7-10-19(26-16)23(32)27-18;1-4-17-21(29)27-20(14(2)3)23(31)32-16(9-5-6-11-33)12-19(28)24-13-15-8-7-10-18(25-15)22(30)26-17/h4-5,7-10,14-15,17,21H,6,11-13H2,1-3H3,(H,25,30)(H,27,32)(H,28,31);4-5,7-10,14,16,20,33H,6,11-13H2,1-3H3,(H,24,28)(H,26,30)(H,27,29)/b9-5+,18-4-;9-5+,17-4-/t17-,21+;16-,20+/m11/s1. The van der Waals surface area contributed by atoms with Gasteiger partial charge in [-0.3, -0.25) is 33.6 Å². The molecule has 4 atom stereocenters. The van der Waals surface area contributed by atoms with Crippen LogP contribution in [0.1, 0.15) is 99.6 Å². The fourth-order valence-corrected chi connectivity index (χ4v) is 6.64. The van der Waals surface area contributed by atoms with Gasteiger partial charge in [-0.15, -0.1) is 0 Å². The number of thioether (sulfide) groups is 1. The zero-order chi connectivity index (χ0) is 50.2. The van der Waals surface area contributed by atoms with Crippen molar-refractivity contribution in [1.29, 1.82) is 0 Å². The Hall–Kier alpha value is -6.61. The molecule has 0 aromatic carbocycles.